The molecule has 0 aliphatic rings. The van der Waals surface area contributed by atoms with Crippen LogP contribution >= 0.6 is 10.0 Å². The summed E-state index contributed by atoms with van der Waals surface area (Å²) in [5, 5.41) is 17.0. The monoisotopic (exact) mass is 372 g/mol. The van der Waals surface area contributed by atoms with Crippen molar-refractivity contribution in [2.45, 2.75) is 27.7 Å². The van der Waals surface area contributed by atoms with Gasteiger partial charge in [0.1, 0.15) is 0 Å². The number of carbonyl (C=O) groups is 2. The van der Waals surface area contributed by atoms with Crippen molar-refractivity contribution in [1.29, 1.82) is 0 Å². The Kier molecular flexibility index (Phi) is 17.5. The number of rotatable bonds is 6. The number of hydrogen-bond acceptors (Lipinski definition) is 2. The van der Waals surface area contributed by atoms with E-state index in [-0.39, 0.29) is 78.0 Å². The molecule has 0 aromatic heterocycles. The molecular weight excluding hydrogens is 343 g/mol. The summed E-state index contributed by atoms with van der Waals surface area (Å²) >= 11 is 0. The van der Waals surface area contributed by atoms with Gasteiger partial charge in [-0.15, -0.1) is 0 Å². The maximum absolute atomic E-state index is 10.4. The van der Waals surface area contributed by atoms with E-state index in [0.29, 0.717) is 0 Å². The molecule has 0 atom stereocenters. The first-order valence-electron chi connectivity index (χ1n) is 7.16. The van der Waals surface area contributed by atoms with Gasteiger partial charge in [-0.1, -0.05) is 33.8 Å². The van der Waals surface area contributed by atoms with Crippen LogP contribution in [-0.4, -0.2) is 102 Å². The Labute approximate surface area is 182 Å². The van der Waals surface area contributed by atoms with Crippen molar-refractivity contribution in [1.82, 2.24) is 0 Å². The molecule has 0 aliphatic heterocycles. The third-order valence-corrected chi connectivity index (χ3v) is 8.70. The average Bonchev–Trinajstić information content (AvgIpc) is 2.51. The van der Waals surface area contributed by atoms with Crippen LogP contribution in [0, 0.1) is 0 Å². The van der Waals surface area contributed by atoms with Crippen LogP contribution in [-0.2, 0) is 0 Å². The van der Waals surface area contributed by atoms with E-state index >= 15 is 0 Å². The summed E-state index contributed by atoms with van der Waals surface area (Å²) in [5.41, 5.74) is -0.0372. The van der Waals surface area contributed by atoms with E-state index < -0.39 is 11.9 Å². The summed E-state index contributed by atoms with van der Waals surface area (Å²) in [4.78, 5) is 20.8. The summed E-state index contributed by atoms with van der Waals surface area (Å²) < 4.78 is 0. The second kappa shape index (κ2) is 14.4. The molecule has 0 amide bonds. The van der Waals surface area contributed by atoms with Gasteiger partial charge >= 0.3 is 63.3 Å². The van der Waals surface area contributed by atoms with Gasteiger partial charge in [-0.05, 0) is 41.2 Å². The van der Waals surface area contributed by atoms with Crippen molar-refractivity contribution in [3.05, 3.63) is 35.4 Å². The quantitative estimate of drug-likeness (QED) is 0.748. The SMILES string of the molecule is CCS(CC)(CC)CC.O.O=C(O)c1cccc(C(=O)O)c1.[KH]. The Morgan fingerprint density at radius 1 is 0.870 bits per heavy atom. The molecule has 0 bridgehead atoms. The zero-order chi connectivity index (χ0) is 16.5. The van der Waals surface area contributed by atoms with Crippen LogP contribution in [0.25, 0.3) is 0 Å². The van der Waals surface area contributed by atoms with Crippen molar-refractivity contribution in [2.75, 3.05) is 23.0 Å². The molecule has 1 rings (SSSR count). The number of carboxylic acids is 2. The van der Waals surface area contributed by atoms with Crippen LogP contribution in [0.5, 0.6) is 0 Å². The molecule has 0 saturated carbocycles. The van der Waals surface area contributed by atoms with E-state index in [0.717, 1.165) is 6.07 Å². The molecule has 0 unspecified atom stereocenters. The molecule has 5 nitrogen and oxygen atoms in total. The number of benzene rings is 1. The molecule has 1 aromatic rings. The van der Waals surface area contributed by atoms with Crippen LogP contribution in [0.15, 0.2) is 24.3 Å². The summed E-state index contributed by atoms with van der Waals surface area (Å²) in [6.45, 7) is 9.36. The minimum atomic E-state index is -1.13. The first-order chi connectivity index (χ1) is 9.85. The van der Waals surface area contributed by atoms with Crippen LogP contribution in [0.1, 0.15) is 48.4 Å². The molecule has 130 valence electrons. The summed E-state index contributed by atoms with van der Waals surface area (Å²) in [5.74, 6) is 3.45. The predicted octanol–water partition coefficient (Wildman–Crippen LogP) is 2.48. The van der Waals surface area contributed by atoms with Gasteiger partial charge in [0.15, 0.2) is 0 Å². The van der Waals surface area contributed by atoms with Gasteiger partial charge in [-0.2, -0.15) is 0 Å². The Hall–Kier alpha value is 0.106. The fourth-order valence-corrected chi connectivity index (χ4v) is 4.46. The van der Waals surface area contributed by atoms with Crippen molar-refractivity contribution in [2.24, 2.45) is 0 Å². The Morgan fingerprint density at radius 3 is 1.35 bits per heavy atom. The molecule has 7 heteroatoms. The normalized spacial score (nSPS) is 10.3. The molecular formula is C16H29KO5S. The van der Waals surface area contributed by atoms with Crippen LogP contribution in [0.4, 0.5) is 0 Å². The van der Waals surface area contributed by atoms with E-state index in [1.54, 1.807) is 0 Å². The van der Waals surface area contributed by atoms with E-state index in [9.17, 15) is 9.59 Å². The topological polar surface area (TPSA) is 106 Å². The van der Waals surface area contributed by atoms with Gasteiger partial charge in [0.05, 0.1) is 11.1 Å². The first kappa shape index (κ1) is 27.9. The van der Waals surface area contributed by atoms with E-state index in [1.807, 2.05) is 0 Å². The number of aromatic carboxylic acids is 2. The average molecular weight is 373 g/mol. The Balaban J connectivity index is -0.000000332. The zero-order valence-electron chi connectivity index (χ0n) is 13.8. The second-order valence-electron chi connectivity index (χ2n) is 4.57. The van der Waals surface area contributed by atoms with Crippen LogP contribution < -0.4 is 0 Å². The van der Waals surface area contributed by atoms with E-state index in [4.69, 9.17) is 10.2 Å². The molecule has 0 radical (unpaired) electrons. The molecule has 23 heavy (non-hydrogen) atoms. The summed E-state index contributed by atoms with van der Waals surface area (Å²) in [6.07, 6.45) is 0. The number of carboxylic acid groups (broad SMARTS) is 2. The van der Waals surface area contributed by atoms with E-state index in [1.165, 1.54) is 41.2 Å². The second-order valence-corrected chi connectivity index (χ2v) is 9.33. The number of hydrogen-bond donors (Lipinski definition) is 2. The molecule has 0 heterocycles. The third-order valence-electron chi connectivity index (χ3n) is 3.81. The van der Waals surface area contributed by atoms with Gasteiger partial charge in [-0.3, -0.25) is 0 Å². The molecule has 1 aromatic carbocycles. The molecule has 0 aliphatic carbocycles. The zero-order valence-corrected chi connectivity index (χ0v) is 14.6. The van der Waals surface area contributed by atoms with Crippen LogP contribution in [0.3, 0.4) is 0 Å². The van der Waals surface area contributed by atoms with E-state index in [2.05, 4.69) is 27.7 Å². The molecule has 0 spiro atoms. The minimum absolute atomic E-state index is 0. The maximum atomic E-state index is 10.4. The van der Waals surface area contributed by atoms with Crippen molar-refractivity contribution in [3.63, 3.8) is 0 Å². The van der Waals surface area contributed by atoms with Gasteiger partial charge in [0, 0.05) is 0 Å². The Morgan fingerprint density at radius 2 is 1.17 bits per heavy atom. The van der Waals surface area contributed by atoms with Gasteiger partial charge < -0.3 is 15.7 Å². The van der Waals surface area contributed by atoms with Crippen molar-refractivity contribution in [3.8, 4) is 0 Å². The standard InChI is InChI=1S/C8H6O4.C8H20S.K.H2O.H/c9-7(10)5-2-1-3-6(4-5)8(11)12;1-5-9(6-2,7-3)8-4;;;/h1-4H,(H,9,10)(H,11,12);5-8H2,1-4H3;;1H2;. The Bertz CT molecular complexity index is 429. The van der Waals surface area contributed by atoms with Gasteiger partial charge in [0.25, 0.3) is 0 Å². The van der Waals surface area contributed by atoms with Crippen LogP contribution in [0.2, 0.25) is 0 Å². The van der Waals surface area contributed by atoms with Gasteiger partial charge in [-0.25, -0.2) is 19.6 Å². The molecule has 4 N–H and O–H groups in total. The summed E-state index contributed by atoms with van der Waals surface area (Å²) in [7, 11) is -0.148. The van der Waals surface area contributed by atoms with Crippen molar-refractivity contribution >= 4 is 73.4 Å². The third kappa shape index (κ3) is 9.86. The van der Waals surface area contributed by atoms with Crippen molar-refractivity contribution < 1.29 is 25.3 Å². The van der Waals surface area contributed by atoms with Gasteiger partial charge in [0.2, 0.25) is 0 Å². The molecule has 0 saturated heterocycles. The summed E-state index contributed by atoms with van der Waals surface area (Å²) in [6, 6.07) is 5.20. The fraction of sp³-hybridized carbons (Fsp3) is 0.500. The predicted molar refractivity (Wildman–Crippen MR) is 101 cm³/mol. The molecule has 0 fully saturated rings. The fourth-order valence-electron chi connectivity index (χ4n) is 2.01. The first-order valence-corrected chi connectivity index (χ1v) is 9.47.